The number of nitrogens with one attached hydrogen (secondary N) is 1. The highest BCUT2D eigenvalue weighted by Crippen LogP contribution is 1.88. The van der Waals surface area contributed by atoms with Gasteiger partial charge in [0.15, 0.2) is 0 Å². The summed E-state index contributed by atoms with van der Waals surface area (Å²) in [6.07, 6.45) is 2.01. The molecular formula is C13H27NO3. The number of ether oxygens (including phenoxy) is 3. The molecule has 102 valence electrons. The van der Waals surface area contributed by atoms with Crippen LogP contribution < -0.4 is 5.32 Å². The highest BCUT2D eigenvalue weighted by molar-refractivity contribution is 4.88. The van der Waals surface area contributed by atoms with Gasteiger partial charge in [0, 0.05) is 18.8 Å². The molecule has 0 radical (unpaired) electrons. The fourth-order valence-electron chi connectivity index (χ4n) is 1.11. The van der Waals surface area contributed by atoms with Gasteiger partial charge in [0.05, 0.1) is 33.0 Å². The van der Waals surface area contributed by atoms with Crippen LogP contribution in [-0.2, 0) is 14.2 Å². The van der Waals surface area contributed by atoms with E-state index in [1.165, 1.54) is 0 Å². The molecule has 0 saturated heterocycles. The fraction of sp³-hybridized carbons (Fsp3) is 0.846. The van der Waals surface area contributed by atoms with Crippen molar-refractivity contribution in [1.82, 2.24) is 5.32 Å². The van der Waals surface area contributed by atoms with E-state index < -0.39 is 0 Å². The predicted molar refractivity (Wildman–Crippen MR) is 70.2 cm³/mol. The first-order valence-electron chi connectivity index (χ1n) is 6.46. The van der Waals surface area contributed by atoms with Crippen LogP contribution in [0.5, 0.6) is 0 Å². The molecule has 0 bridgehead atoms. The lowest BCUT2D eigenvalue weighted by molar-refractivity contribution is 0.0155. The largest absolute Gasteiger partial charge is 0.387 e. The second kappa shape index (κ2) is 13.5. The van der Waals surface area contributed by atoms with Crippen LogP contribution in [0, 0.1) is 0 Å². The van der Waals surface area contributed by atoms with Crippen molar-refractivity contribution in [3.05, 3.63) is 12.3 Å². The topological polar surface area (TPSA) is 39.7 Å². The maximum atomic E-state index is 5.39. The number of hydrogen-bond donors (Lipinski definition) is 1. The van der Waals surface area contributed by atoms with Gasteiger partial charge in [0.1, 0.15) is 0 Å². The number of rotatable bonds is 13. The first-order chi connectivity index (χ1) is 8.31. The normalized spacial score (nSPS) is 10.5. The Morgan fingerprint density at radius 1 is 0.882 bits per heavy atom. The van der Waals surface area contributed by atoms with E-state index in [-0.39, 0.29) is 0 Å². The Morgan fingerprint density at radius 2 is 1.41 bits per heavy atom. The molecule has 1 N–H and O–H groups in total. The van der Waals surface area contributed by atoms with Gasteiger partial charge in [0.25, 0.3) is 0 Å². The third-order valence-corrected chi connectivity index (χ3v) is 2.14. The zero-order valence-electron chi connectivity index (χ0n) is 11.3. The van der Waals surface area contributed by atoms with E-state index in [4.69, 9.17) is 14.2 Å². The van der Waals surface area contributed by atoms with Gasteiger partial charge in [-0.05, 0) is 12.8 Å². The standard InChI is InChI=1S/C13H27NO3/c1-4-7-15-9-11-17-12-10-16-8-6-14-13(3)5-2/h14H,3-12H2,1-2H3. The van der Waals surface area contributed by atoms with E-state index >= 15 is 0 Å². The molecule has 0 aliphatic rings. The van der Waals surface area contributed by atoms with E-state index in [9.17, 15) is 0 Å². The molecule has 0 heterocycles. The molecule has 0 aliphatic heterocycles. The lowest BCUT2D eigenvalue weighted by atomic mass is 10.4. The van der Waals surface area contributed by atoms with Crippen LogP contribution in [0.1, 0.15) is 26.7 Å². The van der Waals surface area contributed by atoms with Gasteiger partial charge in [-0.2, -0.15) is 0 Å². The average Bonchev–Trinajstić information content (AvgIpc) is 2.35. The Labute approximate surface area is 105 Å². The minimum atomic E-state index is 0.629. The van der Waals surface area contributed by atoms with Crippen molar-refractivity contribution < 1.29 is 14.2 Å². The second-order valence-electron chi connectivity index (χ2n) is 3.72. The van der Waals surface area contributed by atoms with E-state index in [1.807, 2.05) is 0 Å². The first-order valence-corrected chi connectivity index (χ1v) is 6.46. The summed E-state index contributed by atoms with van der Waals surface area (Å²) < 4.78 is 16.0. The summed E-state index contributed by atoms with van der Waals surface area (Å²) in [4.78, 5) is 0. The summed E-state index contributed by atoms with van der Waals surface area (Å²) in [5.41, 5.74) is 1.05. The van der Waals surface area contributed by atoms with Crippen molar-refractivity contribution in [3.8, 4) is 0 Å². The molecule has 0 aromatic rings. The van der Waals surface area contributed by atoms with Gasteiger partial charge in [-0.25, -0.2) is 0 Å². The predicted octanol–water partition coefficient (Wildman–Crippen LogP) is 1.96. The van der Waals surface area contributed by atoms with Crippen molar-refractivity contribution in [3.63, 3.8) is 0 Å². The van der Waals surface area contributed by atoms with Crippen molar-refractivity contribution in [2.45, 2.75) is 26.7 Å². The van der Waals surface area contributed by atoms with Crippen molar-refractivity contribution >= 4 is 0 Å². The molecule has 0 atom stereocenters. The summed E-state index contributed by atoms with van der Waals surface area (Å²) in [6.45, 7) is 12.9. The first kappa shape index (κ1) is 16.4. The average molecular weight is 245 g/mol. The highest BCUT2D eigenvalue weighted by atomic mass is 16.5. The maximum Gasteiger partial charge on any atom is 0.0701 e. The van der Waals surface area contributed by atoms with Crippen LogP contribution in [0.4, 0.5) is 0 Å². The van der Waals surface area contributed by atoms with Gasteiger partial charge in [0.2, 0.25) is 0 Å². The van der Waals surface area contributed by atoms with Crippen LogP contribution in [0.2, 0.25) is 0 Å². The van der Waals surface area contributed by atoms with Crippen molar-refractivity contribution in [1.29, 1.82) is 0 Å². The summed E-state index contributed by atoms with van der Waals surface area (Å²) in [6, 6.07) is 0. The quantitative estimate of drug-likeness (QED) is 0.504. The van der Waals surface area contributed by atoms with E-state index in [2.05, 4.69) is 25.7 Å². The Hall–Kier alpha value is -0.580. The van der Waals surface area contributed by atoms with Crippen molar-refractivity contribution in [2.24, 2.45) is 0 Å². The molecule has 17 heavy (non-hydrogen) atoms. The molecule has 4 heteroatoms. The molecule has 0 aromatic heterocycles. The number of allylic oxidation sites excluding steroid dienone is 1. The Bertz CT molecular complexity index is 174. The Balaban J connectivity index is 2.96. The zero-order valence-corrected chi connectivity index (χ0v) is 11.3. The summed E-state index contributed by atoms with van der Waals surface area (Å²) in [5, 5.41) is 3.18. The minimum Gasteiger partial charge on any atom is -0.387 e. The lowest BCUT2D eigenvalue weighted by Gasteiger charge is -2.08. The minimum absolute atomic E-state index is 0.629. The Morgan fingerprint density at radius 3 is 1.94 bits per heavy atom. The third-order valence-electron chi connectivity index (χ3n) is 2.14. The van der Waals surface area contributed by atoms with Crippen LogP contribution in [0.25, 0.3) is 0 Å². The zero-order chi connectivity index (χ0) is 12.8. The summed E-state index contributed by atoms with van der Waals surface area (Å²) in [5.74, 6) is 0. The second-order valence-corrected chi connectivity index (χ2v) is 3.72. The van der Waals surface area contributed by atoms with E-state index in [0.29, 0.717) is 33.0 Å². The van der Waals surface area contributed by atoms with Gasteiger partial charge >= 0.3 is 0 Å². The van der Waals surface area contributed by atoms with Crippen LogP contribution in [-0.4, -0.2) is 46.2 Å². The third kappa shape index (κ3) is 13.4. The van der Waals surface area contributed by atoms with Gasteiger partial charge in [-0.15, -0.1) is 0 Å². The summed E-state index contributed by atoms with van der Waals surface area (Å²) in [7, 11) is 0. The van der Waals surface area contributed by atoms with E-state index in [0.717, 1.165) is 31.7 Å². The van der Waals surface area contributed by atoms with Crippen LogP contribution in [0.15, 0.2) is 12.3 Å². The molecule has 0 amide bonds. The summed E-state index contributed by atoms with van der Waals surface area (Å²) >= 11 is 0. The molecule has 0 spiro atoms. The van der Waals surface area contributed by atoms with Gasteiger partial charge < -0.3 is 19.5 Å². The van der Waals surface area contributed by atoms with E-state index in [1.54, 1.807) is 0 Å². The monoisotopic (exact) mass is 245 g/mol. The highest BCUT2D eigenvalue weighted by Gasteiger charge is 1.92. The molecule has 0 rings (SSSR count). The Kier molecular flexibility index (Phi) is 13.0. The lowest BCUT2D eigenvalue weighted by Crippen LogP contribution is -2.19. The molecular weight excluding hydrogens is 218 g/mol. The smallest absolute Gasteiger partial charge is 0.0701 e. The number of hydrogen-bond acceptors (Lipinski definition) is 4. The maximum absolute atomic E-state index is 5.39. The molecule has 0 unspecified atom stereocenters. The molecule has 4 nitrogen and oxygen atoms in total. The molecule has 0 saturated carbocycles. The van der Waals surface area contributed by atoms with Gasteiger partial charge in [-0.1, -0.05) is 20.4 Å². The fourth-order valence-corrected chi connectivity index (χ4v) is 1.11. The van der Waals surface area contributed by atoms with Crippen LogP contribution >= 0.6 is 0 Å². The molecule has 0 aromatic carbocycles. The van der Waals surface area contributed by atoms with Crippen molar-refractivity contribution in [2.75, 3.05) is 46.2 Å². The SMILES string of the molecule is C=C(CC)NCCOCCOCCOCCC. The van der Waals surface area contributed by atoms with Crippen LogP contribution in [0.3, 0.4) is 0 Å². The molecule has 0 fully saturated rings. The molecule has 0 aliphatic carbocycles. The van der Waals surface area contributed by atoms with Gasteiger partial charge in [-0.3, -0.25) is 0 Å².